The van der Waals surface area contributed by atoms with Crippen LogP contribution in [-0.4, -0.2) is 0 Å². The van der Waals surface area contributed by atoms with Gasteiger partial charge in [0.25, 0.3) is 0 Å². The summed E-state index contributed by atoms with van der Waals surface area (Å²) in [5.74, 6) is 0. The molecule has 0 bridgehead atoms. The second-order valence-electron chi connectivity index (χ2n) is 16.3. The summed E-state index contributed by atoms with van der Waals surface area (Å²) in [6.07, 6.45) is 0. The van der Waals surface area contributed by atoms with Gasteiger partial charge in [-0.1, -0.05) is 218 Å². The van der Waals surface area contributed by atoms with E-state index in [2.05, 4.69) is 255 Å². The molecule has 12 aromatic rings. The zero-order chi connectivity index (χ0) is 41.8. The fraction of sp³-hybridized carbons (Fsp3) is 0. The van der Waals surface area contributed by atoms with Gasteiger partial charge in [0.2, 0.25) is 0 Å². The molecule has 0 saturated carbocycles. The van der Waals surface area contributed by atoms with Crippen LogP contribution in [0.2, 0.25) is 0 Å². The van der Waals surface area contributed by atoms with Crippen LogP contribution < -0.4 is 36.0 Å². The fourth-order valence-corrected chi connectivity index (χ4v) is 20.8. The summed E-state index contributed by atoms with van der Waals surface area (Å²) in [4.78, 5) is 0. The molecule has 0 heterocycles. The van der Waals surface area contributed by atoms with Crippen LogP contribution in [0.25, 0.3) is 64.6 Å². The molecule has 1 nitrogen and oxygen atoms in total. The molecule has 0 aliphatic carbocycles. The molecule has 0 atom stereocenters. The molecule has 0 aliphatic rings. The third kappa shape index (κ3) is 5.90. The molecule has 3 heteroatoms. The van der Waals surface area contributed by atoms with Gasteiger partial charge in [-0.2, -0.15) is 0 Å². The number of fused-ring (bicyclic) bond motifs is 6. The van der Waals surface area contributed by atoms with E-state index in [1.54, 1.807) is 0 Å². The highest BCUT2D eigenvalue weighted by Gasteiger charge is 2.48. The molecule has 12 aromatic carbocycles. The predicted molar refractivity (Wildman–Crippen MR) is 277 cm³/mol. The van der Waals surface area contributed by atoms with Crippen molar-refractivity contribution in [1.29, 1.82) is 0 Å². The number of rotatable bonds is 6. The van der Waals surface area contributed by atoms with Gasteiger partial charge in [0, 0.05) is 0 Å². The first-order valence-electron chi connectivity index (χ1n) is 21.7. The Bertz CT molecular complexity index is 3220. The summed E-state index contributed by atoms with van der Waals surface area (Å²) in [5.41, 5.74) is 0. The summed E-state index contributed by atoms with van der Waals surface area (Å²) in [5, 5.41) is 22.2. The predicted octanol–water partition coefficient (Wildman–Crippen LogP) is 13.3. The number of hydrogen-bond donors (Lipinski definition) is 0. The van der Waals surface area contributed by atoms with Crippen LogP contribution in [0.5, 0.6) is 0 Å². The van der Waals surface area contributed by atoms with E-state index in [-0.39, 0.29) is 0 Å². The second kappa shape index (κ2) is 15.3. The maximum Gasteiger partial charge on any atom is 0.303 e. The molecule has 0 aromatic heterocycles. The third-order valence-electron chi connectivity index (χ3n) is 13.0. The number of nitrogens with zero attached hydrogens (tertiary/aromatic N) is 1. The fourth-order valence-electron chi connectivity index (χ4n) is 10.2. The molecule has 0 amide bonds. The normalized spacial score (nSPS) is 12.1. The molecular formula is C60H42NP2+. The maximum absolute atomic E-state index is 7.28. The van der Waals surface area contributed by atoms with Crippen molar-refractivity contribution in [3.05, 3.63) is 255 Å². The summed E-state index contributed by atoms with van der Waals surface area (Å²) in [6.45, 7) is 0. The quantitative estimate of drug-likeness (QED) is 0.117. The lowest BCUT2D eigenvalue weighted by Crippen LogP contribution is -2.33. The number of benzene rings is 12. The zero-order valence-electron chi connectivity index (χ0n) is 34.6. The molecule has 0 unspecified atom stereocenters. The Labute approximate surface area is 367 Å². The van der Waals surface area contributed by atoms with Crippen LogP contribution in [0.1, 0.15) is 0 Å². The Kier molecular flexibility index (Phi) is 9.11. The van der Waals surface area contributed by atoms with Crippen molar-refractivity contribution >= 4 is 111 Å². The maximum atomic E-state index is 7.28. The van der Waals surface area contributed by atoms with Crippen LogP contribution in [0.3, 0.4) is 0 Å². The minimum atomic E-state index is -3.17. The number of hydrogen-bond acceptors (Lipinski definition) is 0. The monoisotopic (exact) mass is 838 g/mol. The van der Waals surface area contributed by atoms with Crippen molar-refractivity contribution in [2.45, 2.75) is 0 Å². The van der Waals surface area contributed by atoms with Gasteiger partial charge in [0.1, 0.15) is 0 Å². The molecule has 0 radical (unpaired) electrons. The SMILES string of the molecule is c1ccc2c(P(=[N+]=P(c3cccc4ccccc34)(c3cccc4ccccc34)c3cccc4ccccc34)(c3cccc4ccccc34)c3cccc4ccccc34)cccc2c1. The Morgan fingerprint density at radius 3 is 0.524 bits per heavy atom. The zero-order valence-corrected chi connectivity index (χ0v) is 36.4. The van der Waals surface area contributed by atoms with Gasteiger partial charge in [0.05, 0.1) is 31.8 Å². The highest BCUT2D eigenvalue weighted by atomic mass is 31.2. The van der Waals surface area contributed by atoms with Crippen molar-refractivity contribution < 1.29 is 0 Å². The topological polar surface area (TPSA) is 14.1 Å². The van der Waals surface area contributed by atoms with Crippen LogP contribution in [-0.2, 0) is 0 Å². The van der Waals surface area contributed by atoms with Crippen molar-refractivity contribution in [3.8, 4) is 0 Å². The molecule has 0 spiro atoms. The average Bonchev–Trinajstić information content (AvgIpc) is 3.36. The summed E-state index contributed by atoms with van der Waals surface area (Å²) in [7, 11) is -6.33. The first-order chi connectivity index (χ1) is 31.2. The van der Waals surface area contributed by atoms with Gasteiger partial charge in [-0.3, -0.25) is 0 Å². The van der Waals surface area contributed by atoms with E-state index in [0.29, 0.717) is 0 Å². The van der Waals surface area contributed by atoms with Crippen LogP contribution >= 0.6 is 14.1 Å². The van der Waals surface area contributed by atoms with Crippen LogP contribution in [0.15, 0.2) is 255 Å². The highest BCUT2D eigenvalue weighted by molar-refractivity contribution is 7.95. The highest BCUT2D eigenvalue weighted by Crippen LogP contribution is 2.55. The van der Waals surface area contributed by atoms with Gasteiger partial charge in [-0.25, -0.2) is 0 Å². The van der Waals surface area contributed by atoms with Gasteiger partial charge in [-0.15, -0.1) is 4.17 Å². The van der Waals surface area contributed by atoms with Crippen LogP contribution in [0, 0.1) is 0 Å². The average molecular weight is 839 g/mol. The van der Waals surface area contributed by atoms with Gasteiger partial charge < -0.3 is 0 Å². The van der Waals surface area contributed by atoms with E-state index in [9.17, 15) is 0 Å². The minimum absolute atomic E-state index is 1.21. The Balaban J connectivity index is 1.55. The molecule has 12 rings (SSSR count). The Morgan fingerprint density at radius 1 is 0.175 bits per heavy atom. The lowest BCUT2D eigenvalue weighted by Gasteiger charge is -2.25. The lowest BCUT2D eigenvalue weighted by atomic mass is 10.1. The van der Waals surface area contributed by atoms with Crippen LogP contribution in [0.4, 0.5) is 0 Å². The molecule has 63 heavy (non-hydrogen) atoms. The van der Waals surface area contributed by atoms with Gasteiger partial charge in [0.15, 0.2) is 0 Å². The lowest BCUT2D eigenvalue weighted by molar-refractivity contribution is 1.70. The first-order valence-corrected chi connectivity index (χ1v) is 25.2. The van der Waals surface area contributed by atoms with Gasteiger partial charge in [-0.05, 0) is 101 Å². The van der Waals surface area contributed by atoms with E-state index >= 15 is 0 Å². The van der Waals surface area contributed by atoms with E-state index in [1.165, 1.54) is 96.5 Å². The van der Waals surface area contributed by atoms with Crippen molar-refractivity contribution in [2.24, 2.45) is 0 Å². The Morgan fingerprint density at radius 2 is 0.333 bits per heavy atom. The molecule has 0 saturated heterocycles. The van der Waals surface area contributed by atoms with Crippen molar-refractivity contribution in [3.63, 3.8) is 0 Å². The summed E-state index contributed by atoms with van der Waals surface area (Å²) in [6, 6.07) is 95.5. The van der Waals surface area contributed by atoms with E-state index < -0.39 is 14.1 Å². The van der Waals surface area contributed by atoms with Crippen molar-refractivity contribution in [2.75, 3.05) is 0 Å². The van der Waals surface area contributed by atoms with E-state index in [1.807, 2.05) is 0 Å². The van der Waals surface area contributed by atoms with E-state index in [4.69, 9.17) is 4.17 Å². The smallest absolute Gasteiger partial charge is 0.147 e. The standard InChI is InChI=1S/C60H42NP2/c1-7-31-49-43(19-1)25-13-37-55(49)62(56-38-14-26-44-20-2-8-32-50(44)56,57-39-15-27-45-21-3-9-33-51(45)57)61-63(58-40-16-28-46-22-4-10-34-52(46)58,59-41-17-29-47-23-5-11-35-53(47)59)60-42-18-30-48-24-6-12-36-54(48)60/h1-42H/q+1. The largest absolute Gasteiger partial charge is 0.303 e. The molecule has 0 aliphatic heterocycles. The van der Waals surface area contributed by atoms with Gasteiger partial charge >= 0.3 is 14.1 Å². The van der Waals surface area contributed by atoms with Crippen molar-refractivity contribution in [1.82, 2.24) is 4.17 Å². The summed E-state index contributed by atoms with van der Waals surface area (Å²) < 4.78 is 7.28. The first kappa shape index (κ1) is 37.5. The second-order valence-corrected chi connectivity index (χ2v) is 22.5. The molecule has 0 fully saturated rings. The van der Waals surface area contributed by atoms with E-state index in [0.717, 1.165) is 0 Å². The minimum Gasteiger partial charge on any atom is -0.147 e. The molecular weight excluding hydrogens is 797 g/mol. The molecule has 0 N–H and O–H groups in total. The molecule has 296 valence electrons. The summed E-state index contributed by atoms with van der Waals surface area (Å²) >= 11 is 0. The Hall–Kier alpha value is -7.23. The third-order valence-corrected chi connectivity index (χ3v) is 21.6.